The van der Waals surface area contributed by atoms with E-state index in [9.17, 15) is 0 Å². The fraction of sp³-hybridized carbons (Fsp3) is 0.750. The highest BCUT2D eigenvalue weighted by molar-refractivity contribution is 5.26. The van der Waals surface area contributed by atoms with E-state index in [2.05, 4.69) is 31.9 Å². The van der Waals surface area contributed by atoms with Crippen molar-refractivity contribution in [2.75, 3.05) is 13.6 Å². The quantitative estimate of drug-likeness (QED) is 0.518. The monoisotopic (exact) mass is 125 g/mol. The van der Waals surface area contributed by atoms with E-state index in [1.807, 2.05) is 0 Å². The van der Waals surface area contributed by atoms with Gasteiger partial charge in [0.25, 0.3) is 0 Å². The van der Waals surface area contributed by atoms with Crippen LogP contribution in [0.4, 0.5) is 0 Å². The topological polar surface area (TPSA) is 3.24 Å². The van der Waals surface area contributed by atoms with Gasteiger partial charge in [-0.25, -0.2) is 0 Å². The first-order valence-electron chi connectivity index (χ1n) is 3.65. The molecule has 1 unspecified atom stereocenters. The maximum absolute atomic E-state index is 2.36. The molecule has 1 aliphatic carbocycles. The van der Waals surface area contributed by atoms with Crippen molar-refractivity contribution in [3.05, 3.63) is 11.6 Å². The van der Waals surface area contributed by atoms with Crippen LogP contribution in [0.25, 0.3) is 0 Å². The van der Waals surface area contributed by atoms with Gasteiger partial charge in [-0.1, -0.05) is 18.6 Å². The van der Waals surface area contributed by atoms with E-state index in [0.717, 1.165) is 6.54 Å². The smallest absolute Gasteiger partial charge is 0.0279 e. The van der Waals surface area contributed by atoms with E-state index in [0.29, 0.717) is 6.04 Å². The molecule has 0 spiro atoms. The highest BCUT2D eigenvalue weighted by Crippen LogP contribution is 2.24. The second-order valence-electron chi connectivity index (χ2n) is 2.73. The summed E-state index contributed by atoms with van der Waals surface area (Å²) in [6, 6.07) is 0.690. The number of rotatable bonds is 3. The highest BCUT2D eigenvalue weighted by Gasteiger charge is 2.17. The third kappa shape index (κ3) is 1.55. The zero-order chi connectivity index (χ0) is 6.85. The van der Waals surface area contributed by atoms with Gasteiger partial charge in [0, 0.05) is 6.04 Å². The Kier molecular flexibility index (Phi) is 1.91. The first kappa shape index (κ1) is 6.81. The summed E-state index contributed by atoms with van der Waals surface area (Å²) < 4.78 is 0. The third-order valence-corrected chi connectivity index (χ3v) is 2.14. The van der Waals surface area contributed by atoms with Crippen LogP contribution in [-0.2, 0) is 0 Å². The molecule has 1 aliphatic rings. The number of allylic oxidation sites excluding steroid dienone is 1. The largest absolute Gasteiger partial charge is 0.300 e. The van der Waals surface area contributed by atoms with Crippen molar-refractivity contribution in [3.63, 3.8) is 0 Å². The van der Waals surface area contributed by atoms with Crippen LogP contribution in [0, 0.1) is 0 Å². The normalized spacial score (nSPS) is 19.8. The van der Waals surface area contributed by atoms with Crippen LogP contribution in [0.3, 0.4) is 0 Å². The zero-order valence-electron chi connectivity index (χ0n) is 6.52. The first-order valence-corrected chi connectivity index (χ1v) is 3.65. The van der Waals surface area contributed by atoms with Gasteiger partial charge >= 0.3 is 0 Å². The molecule has 0 aromatic carbocycles. The second kappa shape index (κ2) is 2.53. The molecule has 0 bridgehead atoms. The summed E-state index contributed by atoms with van der Waals surface area (Å²) in [4.78, 5) is 2.36. The predicted octanol–water partition coefficient (Wildman–Crippen LogP) is 1.66. The molecule has 1 nitrogen and oxygen atoms in total. The zero-order valence-corrected chi connectivity index (χ0v) is 6.52. The Morgan fingerprint density at radius 2 is 2.33 bits per heavy atom. The van der Waals surface area contributed by atoms with Gasteiger partial charge in [0.1, 0.15) is 0 Å². The Morgan fingerprint density at radius 1 is 1.78 bits per heavy atom. The van der Waals surface area contributed by atoms with Crippen molar-refractivity contribution in [1.29, 1.82) is 0 Å². The molecule has 0 saturated carbocycles. The van der Waals surface area contributed by atoms with Crippen molar-refractivity contribution in [2.45, 2.75) is 26.3 Å². The van der Waals surface area contributed by atoms with Gasteiger partial charge in [-0.05, 0) is 26.9 Å². The number of hydrogen-bond acceptors (Lipinski definition) is 1. The van der Waals surface area contributed by atoms with Crippen LogP contribution >= 0.6 is 0 Å². The van der Waals surface area contributed by atoms with Crippen molar-refractivity contribution in [3.8, 4) is 0 Å². The molecular formula is C8H15N. The molecule has 0 aliphatic heterocycles. The summed E-state index contributed by atoms with van der Waals surface area (Å²) in [5.41, 5.74) is 1.61. The van der Waals surface area contributed by atoms with Crippen molar-refractivity contribution < 1.29 is 0 Å². The molecular weight excluding hydrogens is 110 g/mol. The lowest BCUT2D eigenvalue weighted by Crippen LogP contribution is -2.27. The van der Waals surface area contributed by atoms with Crippen molar-refractivity contribution >= 4 is 0 Å². The standard InChI is InChI=1S/C8H15N/c1-4-9(3)7(2)8-5-6-8/h5,7H,4,6H2,1-3H3. The minimum Gasteiger partial charge on any atom is -0.300 e. The Bertz CT molecular complexity index is 127. The fourth-order valence-corrected chi connectivity index (χ4v) is 0.957. The van der Waals surface area contributed by atoms with Gasteiger partial charge in [-0.3, -0.25) is 0 Å². The molecule has 0 aromatic heterocycles. The lowest BCUT2D eigenvalue weighted by molar-refractivity contribution is 0.306. The molecule has 0 saturated heterocycles. The molecule has 0 heterocycles. The lowest BCUT2D eigenvalue weighted by Gasteiger charge is -2.20. The third-order valence-electron chi connectivity index (χ3n) is 2.14. The van der Waals surface area contributed by atoms with Gasteiger partial charge in [0.15, 0.2) is 0 Å². The fourth-order valence-electron chi connectivity index (χ4n) is 0.957. The average Bonchev–Trinajstić information content (AvgIpc) is 2.66. The highest BCUT2D eigenvalue weighted by atomic mass is 15.1. The summed E-state index contributed by atoms with van der Waals surface area (Å²) >= 11 is 0. The van der Waals surface area contributed by atoms with Gasteiger partial charge in [-0.15, -0.1) is 0 Å². The lowest BCUT2D eigenvalue weighted by atomic mass is 10.2. The minimum absolute atomic E-state index is 0.690. The molecule has 0 amide bonds. The maximum Gasteiger partial charge on any atom is 0.0279 e. The molecule has 0 fully saturated rings. The van der Waals surface area contributed by atoms with Crippen LogP contribution in [-0.4, -0.2) is 24.5 Å². The van der Waals surface area contributed by atoms with Crippen LogP contribution in [0.2, 0.25) is 0 Å². The number of hydrogen-bond donors (Lipinski definition) is 0. The predicted molar refractivity (Wildman–Crippen MR) is 40.5 cm³/mol. The molecule has 1 atom stereocenters. The summed E-state index contributed by atoms with van der Waals surface area (Å²) in [6.07, 6.45) is 3.56. The van der Waals surface area contributed by atoms with Gasteiger partial charge < -0.3 is 4.90 Å². The van der Waals surface area contributed by atoms with Crippen molar-refractivity contribution in [2.24, 2.45) is 0 Å². The van der Waals surface area contributed by atoms with E-state index < -0.39 is 0 Å². The van der Waals surface area contributed by atoms with Gasteiger partial charge in [0.2, 0.25) is 0 Å². The Morgan fingerprint density at radius 3 is 2.67 bits per heavy atom. The molecule has 1 rings (SSSR count). The Labute approximate surface area is 57.4 Å². The van der Waals surface area contributed by atoms with E-state index in [-0.39, 0.29) is 0 Å². The maximum atomic E-state index is 2.36. The molecule has 0 aromatic rings. The van der Waals surface area contributed by atoms with Gasteiger partial charge in [0.05, 0.1) is 0 Å². The summed E-state index contributed by atoms with van der Waals surface area (Å²) in [5, 5.41) is 0. The van der Waals surface area contributed by atoms with Crippen LogP contribution in [0.15, 0.2) is 11.6 Å². The van der Waals surface area contributed by atoms with E-state index in [4.69, 9.17) is 0 Å². The number of likely N-dealkylation sites (N-methyl/N-ethyl adjacent to an activating group) is 1. The number of nitrogens with zero attached hydrogens (tertiary/aromatic N) is 1. The first-order chi connectivity index (χ1) is 4.25. The summed E-state index contributed by atoms with van der Waals surface area (Å²) in [6.45, 7) is 5.61. The minimum atomic E-state index is 0.690. The van der Waals surface area contributed by atoms with Crippen LogP contribution in [0.5, 0.6) is 0 Å². The van der Waals surface area contributed by atoms with Crippen LogP contribution < -0.4 is 0 Å². The average molecular weight is 125 g/mol. The summed E-state index contributed by atoms with van der Waals surface area (Å²) in [7, 11) is 2.17. The van der Waals surface area contributed by atoms with E-state index in [1.165, 1.54) is 6.42 Å². The molecule has 52 valence electrons. The SMILES string of the molecule is CCN(C)C(C)C1=CC1. The van der Waals surface area contributed by atoms with E-state index in [1.54, 1.807) is 5.57 Å². The van der Waals surface area contributed by atoms with Crippen LogP contribution in [0.1, 0.15) is 20.3 Å². The second-order valence-corrected chi connectivity index (χ2v) is 2.73. The molecule has 0 N–H and O–H groups in total. The molecule has 1 heteroatoms. The van der Waals surface area contributed by atoms with Crippen molar-refractivity contribution in [1.82, 2.24) is 4.90 Å². The van der Waals surface area contributed by atoms with Gasteiger partial charge in [-0.2, -0.15) is 0 Å². The Hall–Kier alpha value is -0.300. The van der Waals surface area contributed by atoms with E-state index >= 15 is 0 Å². The molecule has 9 heavy (non-hydrogen) atoms. The summed E-state index contributed by atoms with van der Waals surface area (Å²) in [5.74, 6) is 0. The Balaban J connectivity index is 2.31. The molecule has 0 radical (unpaired) electrons.